The number of imide groups is 1. The van der Waals surface area contributed by atoms with Crippen LogP contribution in [0.5, 0.6) is 5.75 Å². The standard InChI is InChI=1S/C25H22N2O4/c1-30-20-15-9-8-14-19(20)22-21-23(31-27(22)18-12-6-3-7-13-18)25(29)26(24(21)28)16-17-10-4-2-5-11-17/h2-15,21-23H,16H2,1H3/t21-,22+,23-/m1/s1. The first-order valence-corrected chi connectivity index (χ1v) is 10.2. The zero-order valence-electron chi connectivity index (χ0n) is 17.0. The minimum absolute atomic E-state index is 0.229. The predicted molar refractivity (Wildman–Crippen MR) is 115 cm³/mol. The maximum absolute atomic E-state index is 13.5. The van der Waals surface area contributed by atoms with Crippen molar-refractivity contribution in [1.29, 1.82) is 0 Å². The molecule has 6 heteroatoms. The van der Waals surface area contributed by atoms with Gasteiger partial charge in [-0.2, -0.15) is 0 Å². The summed E-state index contributed by atoms with van der Waals surface area (Å²) < 4.78 is 5.58. The zero-order valence-corrected chi connectivity index (χ0v) is 17.0. The van der Waals surface area contributed by atoms with E-state index in [4.69, 9.17) is 9.57 Å². The molecule has 0 unspecified atom stereocenters. The van der Waals surface area contributed by atoms with Crippen LogP contribution in [0.4, 0.5) is 5.69 Å². The van der Waals surface area contributed by atoms with Gasteiger partial charge >= 0.3 is 0 Å². The quantitative estimate of drug-likeness (QED) is 0.596. The van der Waals surface area contributed by atoms with Crippen molar-refractivity contribution < 1.29 is 19.2 Å². The first kappa shape index (κ1) is 19.3. The van der Waals surface area contributed by atoms with E-state index in [1.165, 1.54) is 4.90 Å². The number of hydrogen-bond acceptors (Lipinski definition) is 5. The van der Waals surface area contributed by atoms with E-state index in [9.17, 15) is 9.59 Å². The highest BCUT2D eigenvalue weighted by molar-refractivity contribution is 6.07. The smallest absolute Gasteiger partial charge is 0.262 e. The van der Waals surface area contributed by atoms with Crippen LogP contribution in [0.25, 0.3) is 0 Å². The molecule has 2 heterocycles. The van der Waals surface area contributed by atoms with Gasteiger partial charge in [0.15, 0.2) is 6.10 Å². The molecule has 0 bridgehead atoms. The maximum Gasteiger partial charge on any atom is 0.262 e. The molecule has 2 aliphatic rings. The number of carbonyl (C=O) groups excluding carboxylic acids is 2. The Kier molecular flexibility index (Phi) is 4.92. The number of ether oxygens (including phenoxy) is 1. The number of hydroxylamine groups is 1. The Morgan fingerprint density at radius 2 is 1.48 bits per heavy atom. The zero-order chi connectivity index (χ0) is 21.4. The van der Waals surface area contributed by atoms with Gasteiger partial charge in [0.1, 0.15) is 11.7 Å². The van der Waals surface area contributed by atoms with Crippen molar-refractivity contribution in [3.05, 3.63) is 96.1 Å². The summed E-state index contributed by atoms with van der Waals surface area (Å²) >= 11 is 0. The molecule has 0 N–H and O–H groups in total. The van der Waals surface area contributed by atoms with Crippen LogP contribution in [0.15, 0.2) is 84.9 Å². The average Bonchev–Trinajstić information content (AvgIpc) is 3.32. The van der Waals surface area contributed by atoms with Gasteiger partial charge in [-0.05, 0) is 23.8 Å². The predicted octanol–water partition coefficient (Wildman–Crippen LogP) is 3.74. The highest BCUT2D eigenvalue weighted by Crippen LogP contribution is 2.48. The molecule has 31 heavy (non-hydrogen) atoms. The molecule has 2 aliphatic heterocycles. The normalized spacial score (nSPS) is 22.7. The van der Waals surface area contributed by atoms with Crippen molar-refractivity contribution in [2.45, 2.75) is 18.7 Å². The monoisotopic (exact) mass is 414 g/mol. The Hall–Kier alpha value is -3.64. The molecule has 0 saturated carbocycles. The highest BCUT2D eigenvalue weighted by Gasteiger charge is 2.60. The topological polar surface area (TPSA) is 59.1 Å². The van der Waals surface area contributed by atoms with Crippen molar-refractivity contribution in [1.82, 2.24) is 4.90 Å². The summed E-state index contributed by atoms with van der Waals surface area (Å²) in [5.41, 5.74) is 2.49. The number of anilines is 1. The van der Waals surface area contributed by atoms with Crippen molar-refractivity contribution in [3.63, 3.8) is 0 Å². The Morgan fingerprint density at radius 1 is 0.839 bits per heavy atom. The fourth-order valence-electron chi connectivity index (χ4n) is 4.42. The van der Waals surface area contributed by atoms with E-state index in [0.29, 0.717) is 5.75 Å². The summed E-state index contributed by atoms with van der Waals surface area (Å²) in [6.45, 7) is 0.235. The minimum atomic E-state index is -0.869. The number of methoxy groups -OCH3 is 1. The number of benzene rings is 3. The molecule has 2 amide bonds. The number of amides is 2. The van der Waals surface area contributed by atoms with E-state index < -0.39 is 18.1 Å². The molecule has 156 valence electrons. The van der Waals surface area contributed by atoms with Crippen LogP contribution in [0.3, 0.4) is 0 Å². The highest BCUT2D eigenvalue weighted by atomic mass is 16.7. The SMILES string of the molecule is COc1ccccc1[C@H]1[C@H]2C(=O)N(Cc3ccccc3)C(=O)[C@@H]2ON1c1ccccc1. The second kappa shape index (κ2) is 7.89. The Balaban J connectivity index is 1.56. The van der Waals surface area contributed by atoms with Crippen LogP contribution in [0.2, 0.25) is 0 Å². The lowest BCUT2D eigenvalue weighted by Gasteiger charge is -2.29. The van der Waals surface area contributed by atoms with Crippen molar-refractivity contribution >= 4 is 17.5 Å². The van der Waals surface area contributed by atoms with Gasteiger partial charge in [-0.1, -0.05) is 66.7 Å². The fraction of sp³-hybridized carbons (Fsp3) is 0.200. The third-order valence-corrected chi connectivity index (χ3v) is 5.86. The van der Waals surface area contributed by atoms with E-state index >= 15 is 0 Å². The molecule has 3 aromatic rings. The summed E-state index contributed by atoms with van der Waals surface area (Å²) in [7, 11) is 1.60. The maximum atomic E-state index is 13.5. The second-order valence-electron chi connectivity index (χ2n) is 7.65. The second-order valence-corrected chi connectivity index (χ2v) is 7.65. The van der Waals surface area contributed by atoms with E-state index in [2.05, 4.69) is 0 Å². The van der Waals surface area contributed by atoms with E-state index in [1.54, 1.807) is 12.2 Å². The molecule has 3 aromatic carbocycles. The molecule has 0 aliphatic carbocycles. The minimum Gasteiger partial charge on any atom is -0.496 e. The fourth-order valence-corrected chi connectivity index (χ4v) is 4.42. The van der Waals surface area contributed by atoms with Crippen molar-refractivity contribution in [2.75, 3.05) is 12.2 Å². The van der Waals surface area contributed by atoms with E-state index in [-0.39, 0.29) is 18.4 Å². The lowest BCUT2D eigenvalue weighted by atomic mass is 9.90. The van der Waals surface area contributed by atoms with Crippen molar-refractivity contribution in [3.8, 4) is 5.75 Å². The first-order valence-electron chi connectivity index (χ1n) is 10.2. The lowest BCUT2D eigenvalue weighted by molar-refractivity contribution is -0.143. The van der Waals surface area contributed by atoms with Gasteiger partial charge in [0.25, 0.3) is 5.91 Å². The Morgan fingerprint density at radius 3 is 2.19 bits per heavy atom. The summed E-state index contributed by atoms with van der Waals surface area (Å²) in [6, 6.07) is 26.1. The lowest BCUT2D eigenvalue weighted by Crippen LogP contribution is -2.37. The number of carbonyl (C=O) groups is 2. The number of fused-ring (bicyclic) bond motifs is 1. The Bertz CT molecular complexity index is 1100. The van der Waals surface area contributed by atoms with E-state index in [0.717, 1.165) is 16.8 Å². The molecule has 0 spiro atoms. The molecule has 0 aromatic heterocycles. The molecule has 5 rings (SSSR count). The van der Waals surface area contributed by atoms with Gasteiger partial charge in [-0.15, -0.1) is 0 Å². The van der Waals surface area contributed by atoms with Gasteiger partial charge in [0.2, 0.25) is 5.91 Å². The third-order valence-electron chi connectivity index (χ3n) is 5.86. The number of para-hydroxylation sites is 2. The van der Waals surface area contributed by atoms with Crippen LogP contribution < -0.4 is 9.80 Å². The summed E-state index contributed by atoms with van der Waals surface area (Å²) in [4.78, 5) is 34.2. The van der Waals surface area contributed by atoms with Crippen LogP contribution >= 0.6 is 0 Å². The van der Waals surface area contributed by atoms with Gasteiger partial charge < -0.3 is 4.74 Å². The molecular formula is C25H22N2O4. The number of hydrogen-bond donors (Lipinski definition) is 0. The van der Waals surface area contributed by atoms with Crippen LogP contribution in [-0.2, 0) is 21.0 Å². The Labute approximate surface area is 180 Å². The summed E-state index contributed by atoms with van der Waals surface area (Å²) in [5.74, 6) is -0.544. The van der Waals surface area contributed by atoms with Crippen molar-refractivity contribution in [2.24, 2.45) is 5.92 Å². The number of likely N-dealkylation sites (tertiary alicyclic amines) is 1. The molecular weight excluding hydrogens is 392 g/mol. The van der Waals surface area contributed by atoms with Gasteiger partial charge in [-0.25, -0.2) is 5.06 Å². The van der Waals surface area contributed by atoms with Gasteiger partial charge in [-0.3, -0.25) is 19.3 Å². The average molecular weight is 414 g/mol. The van der Waals surface area contributed by atoms with Crippen LogP contribution in [-0.4, -0.2) is 29.9 Å². The first-order chi connectivity index (χ1) is 15.2. The van der Waals surface area contributed by atoms with Crippen LogP contribution in [0, 0.1) is 5.92 Å². The largest absolute Gasteiger partial charge is 0.496 e. The number of rotatable bonds is 5. The molecule has 6 nitrogen and oxygen atoms in total. The number of nitrogens with zero attached hydrogens (tertiary/aromatic N) is 2. The molecule has 2 saturated heterocycles. The molecule has 0 radical (unpaired) electrons. The van der Waals surface area contributed by atoms with Gasteiger partial charge in [0.05, 0.1) is 25.4 Å². The van der Waals surface area contributed by atoms with Gasteiger partial charge in [0, 0.05) is 5.56 Å². The van der Waals surface area contributed by atoms with Crippen LogP contribution in [0.1, 0.15) is 17.2 Å². The van der Waals surface area contributed by atoms with E-state index in [1.807, 2.05) is 84.9 Å². The summed E-state index contributed by atoms with van der Waals surface area (Å²) in [6.07, 6.45) is -0.869. The molecule has 2 fully saturated rings. The summed E-state index contributed by atoms with van der Waals surface area (Å²) in [5, 5.41) is 1.68. The molecule has 3 atom stereocenters. The third kappa shape index (κ3) is 3.25.